The molecule has 0 aliphatic carbocycles. The van der Waals surface area contributed by atoms with Crippen LogP contribution in [-0.4, -0.2) is 6.29 Å². The average Bonchev–Trinajstić information content (AvgIpc) is 2.51. The molecule has 0 amide bonds. The monoisotopic (exact) mass is 298 g/mol. The molecule has 0 radical (unpaired) electrons. The van der Waals surface area contributed by atoms with Crippen LogP contribution in [0.2, 0.25) is 0 Å². The van der Waals surface area contributed by atoms with Gasteiger partial charge in [-0.3, -0.25) is 4.79 Å². The minimum absolute atomic E-state index is 0. The van der Waals surface area contributed by atoms with Crippen molar-refractivity contribution in [1.82, 2.24) is 0 Å². The molecule has 19 heavy (non-hydrogen) atoms. The number of aldehydes is 1. The SMILES string of the molecule is CCCCc1ccccc1C=O.[C-]#[O+].[C-]#[O+].[C-]#[O+].[Cr]. The molecule has 0 aliphatic heterocycles. The van der Waals surface area contributed by atoms with Crippen LogP contribution in [-0.2, 0) is 37.7 Å². The molecular weight excluding hydrogens is 284 g/mol. The fourth-order valence-corrected chi connectivity index (χ4v) is 1.24. The fraction of sp³-hybridized carbons (Fsp3) is 0.286. The zero-order valence-electron chi connectivity index (χ0n) is 10.5. The minimum Gasteiger partial charge on any atom is 0 e. The summed E-state index contributed by atoms with van der Waals surface area (Å²) in [5.41, 5.74) is 2.01. The third-order valence-electron chi connectivity index (χ3n) is 1.98. The summed E-state index contributed by atoms with van der Waals surface area (Å²) in [7, 11) is 0. The van der Waals surface area contributed by atoms with Crippen molar-refractivity contribution in [2.45, 2.75) is 26.2 Å². The molecule has 0 saturated heterocycles. The summed E-state index contributed by atoms with van der Waals surface area (Å²) in [5.74, 6) is 0. The minimum atomic E-state index is 0. The molecule has 0 heterocycles. The predicted octanol–water partition coefficient (Wildman–Crippen LogP) is 2.73. The van der Waals surface area contributed by atoms with Crippen molar-refractivity contribution < 1.29 is 36.1 Å². The van der Waals surface area contributed by atoms with Crippen LogP contribution in [0.25, 0.3) is 0 Å². The van der Waals surface area contributed by atoms with Crippen molar-refractivity contribution in [1.29, 1.82) is 0 Å². The van der Waals surface area contributed by atoms with E-state index in [9.17, 15) is 4.79 Å². The summed E-state index contributed by atoms with van der Waals surface area (Å²) < 4.78 is 22.5. The first-order chi connectivity index (χ1) is 8.88. The summed E-state index contributed by atoms with van der Waals surface area (Å²) >= 11 is 0. The van der Waals surface area contributed by atoms with Gasteiger partial charge in [-0.2, -0.15) is 0 Å². The van der Waals surface area contributed by atoms with Gasteiger partial charge in [-0.1, -0.05) is 37.6 Å². The molecule has 0 bridgehead atoms. The Bertz CT molecular complexity index is 355. The third kappa shape index (κ3) is 14.6. The second-order valence-electron chi connectivity index (χ2n) is 2.92. The summed E-state index contributed by atoms with van der Waals surface area (Å²) in [6.07, 6.45) is 4.29. The van der Waals surface area contributed by atoms with Gasteiger partial charge in [0.2, 0.25) is 0 Å². The maximum atomic E-state index is 10.6. The molecule has 1 aromatic carbocycles. The van der Waals surface area contributed by atoms with Gasteiger partial charge in [0, 0.05) is 22.9 Å². The van der Waals surface area contributed by atoms with Crippen LogP contribution in [0.4, 0.5) is 0 Å². The first-order valence-electron chi connectivity index (χ1n) is 5.02. The summed E-state index contributed by atoms with van der Waals surface area (Å²) in [5, 5.41) is 0. The molecule has 0 unspecified atom stereocenters. The molecule has 0 fully saturated rings. The number of hydrogen-bond donors (Lipinski definition) is 0. The molecule has 0 saturated carbocycles. The van der Waals surface area contributed by atoms with Gasteiger partial charge in [-0.15, -0.1) is 0 Å². The quantitative estimate of drug-likeness (QED) is 0.478. The predicted molar refractivity (Wildman–Crippen MR) is 62.2 cm³/mol. The van der Waals surface area contributed by atoms with Crippen LogP contribution in [0, 0.1) is 20.0 Å². The Morgan fingerprint density at radius 2 is 1.53 bits per heavy atom. The van der Waals surface area contributed by atoms with E-state index in [1.54, 1.807) is 0 Å². The van der Waals surface area contributed by atoms with E-state index in [1.807, 2.05) is 24.3 Å². The van der Waals surface area contributed by atoms with Gasteiger partial charge in [0.15, 0.2) is 0 Å². The zero-order chi connectivity index (χ0) is 14.8. The van der Waals surface area contributed by atoms with Crippen molar-refractivity contribution in [2.24, 2.45) is 0 Å². The smallest absolute Gasteiger partial charge is 0 e. The number of carbonyl (C=O) groups is 1. The van der Waals surface area contributed by atoms with Gasteiger partial charge in [-0.05, 0) is 18.4 Å². The maximum Gasteiger partial charge on any atom is 0 e. The maximum absolute atomic E-state index is 10.6. The molecule has 4 nitrogen and oxygen atoms in total. The summed E-state index contributed by atoms with van der Waals surface area (Å²) in [4.78, 5) is 10.6. The number of unbranched alkanes of at least 4 members (excludes halogenated alkanes) is 1. The van der Waals surface area contributed by atoms with Crippen molar-refractivity contribution in [3.05, 3.63) is 55.3 Å². The van der Waals surface area contributed by atoms with E-state index in [1.165, 1.54) is 12.0 Å². The Balaban J connectivity index is -0.000000142. The van der Waals surface area contributed by atoms with Crippen LogP contribution in [0.5, 0.6) is 0 Å². The first-order valence-corrected chi connectivity index (χ1v) is 5.02. The van der Waals surface area contributed by atoms with Crippen molar-refractivity contribution in [2.75, 3.05) is 0 Å². The standard InChI is InChI=1S/C11H14O.3CO.Cr/c1-2-3-6-10-7-4-5-8-11(10)9-12;3*1-2;/h4-5,7-9H,2-3,6H2,1H3;;;;. The molecular formula is C14H14CrO4. The topological polar surface area (TPSA) is 76.8 Å². The summed E-state index contributed by atoms with van der Waals surface area (Å²) in [6.45, 7) is 15.7. The van der Waals surface area contributed by atoms with Crippen molar-refractivity contribution in [3.8, 4) is 0 Å². The van der Waals surface area contributed by atoms with E-state index in [2.05, 4.69) is 26.9 Å². The normalized spacial score (nSPS) is 6.47. The molecule has 0 aliphatic rings. The number of carbonyl (C=O) groups excluding carboxylic acids is 1. The number of rotatable bonds is 4. The Morgan fingerprint density at radius 1 is 1.05 bits per heavy atom. The van der Waals surface area contributed by atoms with Crippen LogP contribution in [0.3, 0.4) is 0 Å². The Labute approximate surface area is 124 Å². The molecule has 1 rings (SSSR count). The molecule has 0 aromatic heterocycles. The van der Waals surface area contributed by atoms with E-state index < -0.39 is 0 Å². The van der Waals surface area contributed by atoms with Crippen molar-refractivity contribution >= 4 is 6.29 Å². The second-order valence-corrected chi connectivity index (χ2v) is 2.92. The second kappa shape index (κ2) is 25.5. The van der Waals surface area contributed by atoms with E-state index in [-0.39, 0.29) is 17.4 Å². The molecule has 0 N–H and O–H groups in total. The van der Waals surface area contributed by atoms with Gasteiger partial charge >= 0.3 is 33.9 Å². The Hall–Kier alpha value is -1.36. The van der Waals surface area contributed by atoms with Gasteiger partial charge < -0.3 is 0 Å². The number of hydrogen-bond acceptors (Lipinski definition) is 1. The van der Waals surface area contributed by atoms with Crippen molar-refractivity contribution in [3.63, 3.8) is 0 Å². The van der Waals surface area contributed by atoms with Gasteiger partial charge in [0.05, 0.1) is 0 Å². The largest absolute Gasteiger partial charge is 0 e. The summed E-state index contributed by atoms with van der Waals surface area (Å²) in [6, 6.07) is 7.79. The van der Waals surface area contributed by atoms with Gasteiger partial charge in [0.25, 0.3) is 0 Å². The fourth-order valence-electron chi connectivity index (χ4n) is 1.24. The van der Waals surface area contributed by atoms with E-state index in [0.29, 0.717) is 0 Å². The number of aryl methyl sites for hydroxylation is 1. The zero-order valence-corrected chi connectivity index (χ0v) is 11.8. The third-order valence-corrected chi connectivity index (χ3v) is 1.98. The van der Waals surface area contributed by atoms with Gasteiger partial charge in [-0.25, -0.2) is 0 Å². The molecule has 0 spiro atoms. The first kappa shape index (κ1) is 26.3. The average molecular weight is 298 g/mol. The van der Waals surface area contributed by atoms with Crippen LogP contribution >= 0.6 is 0 Å². The Morgan fingerprint density at radius 3 is 1.95 bits per heavy atom. The van der Waals surface area contributed by atoms with Crippen LogP contribution < -0.4 is 0 Å². The van der Waals surface area contributed by atoms with E-state index >= 15 is 0 Å². The van der Waals surface area contributed by atoms with Crippen LogP contribution in [0.1, 0.15) is 35.7 Å². The van der Waals surface area contributed by atoms with Crippen LogP contribution in [0.15, 0.2) is 24.3 Å². The van der Waals surface area contributed by atoms with E-state index in [0.717, 1.165) is 24.7 Å². The van der Waals surface area contributed by atoms with E-state index in [4.69, 9.17) is 14.0 Å². The van der Waals surface area contributed by atoms with Gasteiger partial charge in [0.1, 0.15) is 6.29 Å². The molecule has 1 aromatic rings. The number of benzene rings is 1. The molecule has 100 valence electrons. The molecule has 0 atom stereocenters. The molecule has 5 heteroatoms. The Kier molecular flexibility index (Phi) is 35.2.